The number of nitrogens with zero attached hydrogens (tertiary/aromatic N) is 1. The molecule has 0 aliphatic carbocycles. The van der Waals surface area contributed by atoms with Gasteiger partial charge in [-0.2, -0.15) is 0 Å². The SMILES string of the molecule is CCCCn1c(=O)c(OCC=C(C)CCC=C(C)C)c(OC)c2ccc(NC(C)=O)cc21. The van der Waals surface area contributed by atoms with E-state index >= 15 is 0 Å². The molecule has 1 N–H and O–H groups in total. The number of aryl methyl sites for hydroxylation is 1. The van der Waals surface area contributed by atoms with Crippen molar-refractivity contribution < 1.29 is 14.3 Å². The van der Waals surface area contributed by atoms with Crippen molar-refractivity contribution in [3.8, 4) is 11.5 Å². The minimum Gasteiger partial charge on any atom is -0.492 e. The van der Waals surface area contributed by atoms with Gasteiger partial charge in [0.05, 0.1) is 12.6 Å². The first-order valence-corrected chi connectivity index (χ1v) is 11.2. The monoisotopic (exact) mass is 440 g/mol. The summed E-state index contributed by atoms with van der Waals surface area (Å²) in [6.07, 6.45) is 7.98. The van der Waals surface area contributed by atoms with Crippen LogP contribution in [0.15, 0.2) is 46.3 Å². The van der Waals surface area contributed by atoms with Gasteiger partial charge in [0.1, 0.15) is 6.61 Å². The van der Waals surface area contributed by atoms with Crippen LogP contribution in [-0.4, -0.2) is 24.2 Å². The van der Waals surface area contributed by atoms with Crippen molar-refractivity contribution in [1.29, 1.82) is 0 Å². The zero-order valence-corrected chi connectivity index (χ0v) is 20.2. The van der Waals surface area contributed by atoms with Crippen LogP contribution in [0.5, 0.6) is 11.5 Å². The molecular weight excluding hydrogens is 404 g/mol. The third kappa shape index (κ3) is 6.74. The van der Waals surface area contributed by atoms with Crippen molar-refractivity contribution in [3.63, 3.8) is 0 Å². The summed E-state index contributed by atoms with van der Waals surface area (Å²) >= 11 is 0. The number of ether oxygens (including phenoxy) is 2. The molecule has 1 amide bonds. The molecule has 0 saturated heterocycles. The first-order chi connectivity index (χ1) is 15.3. The van der Waals surface area contributed by atoms with Gasteiger partial charge >= 0.3 is 0 Å². The quantitative estimate of drug-likeness (QED) is 0.446. The maximum absolute atomic E-state index is 13.4. The number of hydrogen-bond donors (Lipinski definition) is 1. The molecule has 32 heavy (non-hydrogen) atoms. The predicted octanol–water partition coefficient (Wildman–Crippen LogP) is 5.84. The number of carbonyl (C=O) groups excluding carboxylic acids is 1. The number of nitrogens with one attached hydrogen (secondary N) is 1. The lowest BCUT2D eigenvalue weighted by molar-refractivity contribution is -0.114. The lowest BCUT2D eigenvalue weighted by atomic mass is 10.1. The molecule has 174 valence electrons. The second kappa shape index (κ2) is 12.1. The molecule has 2 rings (SSSR count). The van der Waals surface area contributed by atoms with E-state index in [1.54, 1.807) is 17.7 Å². The molecule has 1 heterocycles. The number of anilines is 1. The summed E-state index contributed by atoms with van der Waals surface area (Å²) in [5.74, 6) is 0.477. The lowest BCUT2D eigenvalue weighted by Crippen LogP contribution is -2.24. The number of unbranched alkanes of at least 4 members (excludes halogenated alkanes) is 1. The summed E-state index contributed by atoms with van der Waals surface area (Å²) in [6.45, 7) is 10.7. The van der Waals surface area contributed by atoms with Gasteiger partial charge in [-0.3, -0.25) is 9.59 Å². The van der Waals surface area contributed by atoms with E-state index in [1.165, 1.54) is 18.1 Å². The fourth-order valence-electron chi connectivity index (χ4n) is 3.51. The van der Waals surface area contributed by atoms with Crippen LogP contribution in [0.2, 0.25) is 0 Å². The summed E-state index contributed by atoms with van der Waals surface area (Å²) in [4.78, 5) is 24.9. The van der Waals surface area contributed by atoms with Gasteiger partial charge in [-0.05, 0) is 64.3 Å². The van der Waals surface area contributed by atoms with Crippen molar-refractivity contribution in [1.82, 2.24) is 4.57 Å². The van der Waals surface area contributed by atoms with Gasteiger partial charge in [0.25, 0.3) is 5.56 Å². The van der Waals surface area contributed by atoms with E-state index in [1.807, 2.05) is 18.2 Å². The van der Waals surface area contributed by atoms with E-state index in [0.29, 0.717) is 30.1 Å². The molecule has 6 nitrogen and oxygen atoms in total. The van der Waals surface area contributed by atoms with E-state index < -0.39 is 0 Å². The molecule has 0 atom stereocenters. The van der Waals surface area contributed by atoms with Gasteiger partial charge in [-0.15, -0.1) is 0 Å². The maximum Gasteiger partial charge on any atom is 0.297 e. The topological polar surface area (TPSA) is 69.6 Å². The van der Waals surface area contributed by atoms with Crippen LogP contribution >= 0.6 is 0 Å². The largest absolute Gasteiger partial charge is 0.492 e. The average molecular weight is 441 g/mol. The molecule has 0 unspecified atom stereocenters. The Bertz CT molecular complexity index is 1060. The first-order valence-electron chi connectivity index (χ1n) is 11.2. The van der Waals surface area contributed by atoms with E-state index in [-0.39, 0.29) is 17.2 Å². The molecule has 0 saturated carbocycles. The zero-order valence-electron chi connectivity index (χ0n) is 20.2. The molecule has 2 aromatic rings. The Balaban J connectivity index is 2.44. The zero-order chi connectivity index (χ0) is 23.7. The molecule has 1 aromatic carbocycles. The van der Waals surface area contributed by atoms with Crippen molar-refractivity contribution in [2.45, 2.75) is 66.8 Å². The van der Waals surface area contributed by atoms with E-state index in [0.717, 1.165) is 31.1 Å². The summed E-state index contributed by atoms with van der Waals surface area (Å²) in [5.41, 5.74) is 3.66. The maximum atomic E-state index is 13.4. The molecular formula is C26H36N2O4. The average Bonchev–Trinajstić information content (AvgIpc) is 2.73. The smallest absolute Gasteiger partial charge is 0.297 e. The number of fused-ring (bicyclic) bond motifs is 1. The van der Waals surface area contributed by atoms with Gasteiger partial charge in [-0.1, -0.05) is 30.6 Å². The Labute approximate surface area is 190 Å². The third-order valence-corrected chi connectivity index (χ3v) is 5.19. The number of amides is 1. The van der Waals surface area contributed by atoms with Crippen molar-refractivity contribution in [2.75, 3.05) is 19.0 Å². The third-order valence-electron chi connectivity index (χ3n) is 5.19. The number of rotatable bonds is 11. The fraction of sp³-hybridized carbons (Fsp3) is 0.462. The number of pyridine rings is 1. The standard InChI is InChI=1S/C26H36N2O4/c1-7-8-15-28-23-17-21(27-20(5)29)12-13-22(23)24(31-6)25(26(28)30)32-16-14-19(4)11-9-10-18(2)3/h10,12-14,17H,7-9,11,15-16H2,1-6H3,(H,27,29). The Morgan fingerprint density at radius 2 is 1.88 bits per heavy atom. The van der Waals surface area contributed by atoms with Crippen LogP contribution < -0.4 is 20.3 Å². The lowest BCUT2D eigenvalue weighted by Gasteiger charge is -2.18. The first kappa shape index (κ1) is 25.2. The summed E-state index contributed by atoms with van der Waals surface area (Å²) in [7, 11) is 1.54. The van der Waals surface area contributed by atoms with Crippen molar-refractivity contribution in [2.24, 2.45) is 0 Å². The second-order valence-electron chi connectivity index (χ2n) is 8.27. The summed E-state index contributed by atoms with van der Waals surface area (Å²) < 4.78 is 13.3. The Morgan fingerprint density at radius 1 is 1.12 bits per heavy atom. The molecule has 0 spiro atoms. The highest BCUT2D eigenvalue weighted by Gasteiger charge is 2.19. The van der Waals surface area contributed by atoms with Crippen LogP contribution in [0, 0.1) is 0 Å². The number of benzene rings is 1. The molecule has 0 bridgehead atoms. The van der Waals surface area contributed by atoms with Gasteiger partial charge < -0.3 is 19.4 Å². The number of allylic oxidation sites excluding steroid dienone is 3. The Morgan fingerprint density at radius 3 is 2.50 bits per heavy atom. The number of hydrogen-bond acceptors (Lipinski definition) is 4. The van der Waals surface area contributed by atoms with Gasteiger partial charge in [0, 0.05) is 24.5 Å². The van der Waals surface area contributed by atoms with Crippen LogP contribution in [0.4, 0.5) is 5.69 Å². The van der Waals surface area contributed by atoms with Crippen LogP contribution in [0.1, 0.15) is 60.3 Å². The van der Waals surface area contributed by atoms with Crippen LogP contribution in [-0.2, 0) is 11.3 Å². The Kier molecular flexibility index (Phi) is 9.57. The molecule has 0 fully saturated rings. The highest BCUT2D eigenvalue weighted by molar-refractivity contribution is 5.94. The van der Waals surface area contributed by atoms with Gasteiger partial charge in [0.15, 0.2) is 5.75 Å². The summed E-state index contributed by atoms with van der Waals surface area (Å²) in [5, 5.41) is 3.56. The molecule has 0 aliphatic heterocycles. The molecule has 0 radical (unpaired) electrons. The van der Waals surface area contributed by atoms with E-state index in [9.17, 15) is 9.59 Å². The predicted molar refractivity (Wildman–Crippen MR) is 132 cm³/mol. The van der Waals surface area contributed by atoms with Crippen LogP contribution in [0.25, 0.3) is 10.9 Å². The minimum absolute atomic E-state index is 0.162. The van der Waals surface area contributed by atoms with E-state index in [2.05, 4.69) is 39.1 Å². The summed E-state index contributed by atoms with van der Waals surface area (Å²) in [6, 6.07) is 5.47. The fourth-order valence-corrected chi connectivity index (χ4v) is 3.51. The normalized spacial score (nSPS) is 11.4. The molecule has 6 heteroatoms. The minimum atomic E-state index is -0.224. The number of carbonyl (C=O) groups is 1. The highest BCUT2D eigenvalue weighted by atomic mass is 16.5. The van der Waals surface area contributed by atoms with E-state index in [4.69, 9.17) is 9.47 Å². The van der Waals surface area contributed by atoms with Crippen molar-refractivity contribution in [3.05, 3.63) is 51.9 Å². The van der Waals surface area contributed by atoms with Crippen LogP contribution in [0.3, 0.4) is 0 Å². The van der Waals surface area contributed by atoms with Gasteiger partial charge in [0.2, 0.25) is 11.7 Å². The molecule has 0 aliphatic rings. The van der Waals surface area contributed by atoms with Crippen molar-refractivity contribution >= 4 is 22.5 Å². The number of aromatic nitrogens is 1. The molecule has 1 aromatic heterocycles. The number of methoxy groups -OCH3 is 1. The second-order valence-corrected chi connectivity index (χ2v) is 8.27. The highest BCUT2D eigenvalue weighted by Crippen LogP contribution is 2.34. The Hall–Kier alpha value is -3.02. The van der Waals surface area contributed by atoms with Gasteiger partial charge in [-0.25, -0.2) is 0 Å².